The fourth-order valence-corrected chi connectivity index (χ4v) is 0. The van der Waals surface area contributed by atoms with Crippen molar-refractivity contribution in [1.82, 2.24) is 0 Å². The molecule has 0 bridgehead atoms. The Balaban J connectivity index is 0. The average Bonchev–Trinajstić information content (AvgIpc) is 0. The molecule has 0 amide bonds. The largest absolute Gasteiger partial charge is 3.00 e. The van der Waals surface area contributed by atoms with Crippen molar-refractivity contribution in [2.75, 3.05) is 0 Å². The zero-order valence-corrected chi connectivity index (χ0v) is 6.96. The Morgan fingerprint density at radius 3 is 0.600 bits per heavy atom. The molecule has 0 aliphatic heterocycles. The molecule has 2 radical (unpaired) electrons. The van der Waals surface area contributed by atoms with E-state index in [1.807, 2.05) is 0 Å². The fraction of sp³-hybridized carbons (Fsp3) is 0. The third-order valence-electron chi connectivity index (χ3n) is 0. The van der Waals surface area contributed by atoms with Crippen molar-refractivity contribution < 1.29 is 77.7 Å². The van der Waals surface area contributed by atoms with E-state index in [1.165, 1.54) is 0 Å². The molecule has 0 aliphatic carbocycles. The first kappa shape index (κ1) is 67.3. The summed E-state index contributed by atoms with van der Waals surface area (Å²) in [4.78, 5) is 0. The summed E-state index contributed by atoms with van der Waals surface area (Å²) >= 11 is 0. The maximum atomic E-state index is 0. The molecule has 30 valence electrons. The van der Waals surface area contributed by atoms with Crippen LogP contribution in [0.3, 0.4) is 0 Å². The molecule has 3 nitrogen and oxygen atoms in total. The van der Waals surface area contributed by atoms with Crippen LogP contribution >= 0.6 is 0 Å². The smallest absolute Gasteiger partial charge is 2.00 e. The van der Waals surface area contributed by atoms with E-state index in [9.17, 15) is 0 Å². The summed E-state index contributed by atoms with van der Waals surface area (Å²) in [6.07, 6.45) is 0. The van der Waals surface area contributed by atoms with Crippen LogP contribution in [0.4, 0.5) is 0 Å². The van der Waals surface area contributed by atoms with Gasteiger partial charge in [0.1, 0.15) is 0 Å². The topological polar surface area (TPSA) is 85.5 Å². The first-order chi connectivity index (χ1) is 0. The van der Waals surface area contributed by atoms with Gasteiger partial charge < -0.3 is 16.4 Å². The average molecular weight is 289 g/mol. The first-order valence-corrected chi connectivity index (χ1v) is 0. The molecule has 0 saturated heterocycles. The molecule has 0 aromatic heterocycles. The summed E-state index contributed by atoms with van der Waals surface area (Å²) in [5.41, 5.74) is 0. The number of hydrogen-bond acceptors (Lipinski definition) is 0. The van der Waals surface area contributed by atoms with Crippen molar-refractivity contribution >= 4 is 0 Å². The van der Waals surface area contributed by atoms with Crippen LogP contribution in [-0.4, -0.2) is 0 Å². The predicted molar refractivity (Wildman–Crippen MR) is 2.06 cm³/mol. The van der Waals surface area contributed by atoms with Crippen molar-refractivity contribution in [3.05, 3.63) is 0 Å². The Morgan fingerprint density at radius 2 is 0.600 bits per heavy atom. The third-order valence-corrected chi connectivity index (χ3v) is 0. The van der Waals surface area contributed by atoms with Crippen molar-refractivity contribution in [1.29, 1.82) is 0 Å². The van der Waals surface area contributed by atoms with Crippen LogP contribution in [0.25, 0.3) is 0 Å². The summed E-state index contributed by atoms with van der Waals surface area (Å²) in [6.45, 7) is 0. The van der Waals surface area contributed by atoms with Crippen molar-refractivity contribution in [3.63, 3.8) is 0 Å². The van der Waals surface area contributed by atoms with E-state index >= 15 is 0 Å². The van der Waals surface area contributed by atoms with Crippen LogP contribution in [0.15, 0.2) is 0 Å². The van der Waals surface area contributed by atoms with Crippen LogP contribution < -0.4 is 0 Å². The summed E-state index contributed by atoms with van der Waals surface area (Å²) in [5, 5.41) is 0. The van der Waals surface area contributed by atoms with Gasteiger partial charge in [-0.1, -0.05) is 0 Å². The van der Waals surface area contributed by atoms with Gasteiger partial charge in [-0.05, 0) is 0 Å². The van der Waals surface area contributed by atoms with Crippen LogP contribution in [0.5, 0.6) is 0 Å². The van der Waals surface area contributed by atoms with Crippen LogP contribution in [0, 0.1) is 41.7 Å². The minimum atomic E-state index is 0. The van der Waals surface area contributed by atoms with Gasteiger partial charge >= 0.3 is 61.2 Å². The molecular formula is CeO3Ru. The fourth-order valence-electron chi connectivity index (χ4n) is 0. The molecule has 0 aromatic rings. The zero-order chi connectivity index (χ0) is 0. The molecule has 0 fully saturated rings. The molecule has 0 atom stereocenters. The minimum Gasteiger partial charge on any atom is -2.00 e. The maximum Gasteiger partial charge on any atom is 3.00 e. The number of hydrogen-bond donors (Lipinski definition) is 0. The van der Waals surface area contributed by atoms with Crippen molar-refractivity contribution in [2.45, 2.75) is 0 Å². The van der Waals surface area contributed by atoms with Crippen LogP contribution in [0.1, 0.15) is 0 Å². The van der Waals surface area contributed by atoms with E-state index in [0.717, 1.165) is 0 Å². The van der Waals surface area contributed by atoms with Gasteiger partial charge in [0.2, 0.25) is 0 Å². The molecule has 0 rings (SSSR count). The quantitative estimate of drug-likeness (QED) is 0.545. The molecule has 0 saturated carbocycles. The van der Waals surface area contributed by atoms with E-state index in [-0.39, 0.29) is 77.7 Å². The Bertz CT molecular complexity index is 6.85. The van der Waals surface area contributed by atoms with Gasteiger partial charge in [-0.2, -0.15) is 0 Å². The molecule has 0 spiro atoms. The van der Waals surface area contributed by atoms with Gasteiger partial charge in [0.25, 0.3) is 0 Å². The molecular weight excluding hydrogens is 289 g/mol. The van der Waals surface area contributed by atoms with Gasteiger partial charge in [0.15, 0.2) is 0 Å². The molecule has 5 heteroatoms. The van der Waals surface area contributed by atoms with Gasteiger partial charge in [0.05, 0.1) is 0 Å². The Hall–Kier alpha value is 1.88. The van der Waals surface area contributed by atoms with E-state index in [1.54, 1.807) is 0 Å². The monoisotopic (exact) mass is 290 g/mol. The van der Waals surface area contributed by atoms with E-state index < -0.39 is 0 Å². The second-order valence-corrected chi connectivity index (χ2v) is 0. The molecule has 0 N–H and O–H groups in total. The van der Waals surface area contributed by atoms with Crippen LogP contribution in [-0.2, 0) is 35.9 Å². The first-order valence-electron chi connectivity index (χ1n) is 0. The SMILES string of the molecule is [Ce+3].[O-2].[O-2].[O-2].[Ru+3]. The summed E-state index contributed by atoms with van der Waals surface area (Å²) in [7, 11) is 0. The maximum absolute atomic E-state index is 0. The van der Waals surface area contributed by atoms with Crippen LogP contribution in [0.2, 0.25) is 0 Å². The Labute approximate surface area is 76.6 Å². The standard InChI is InChI=1S/Ce.3O.Ru/q+3;3*-2;+3. The van der Waals surface area contributed by atoms with E-state index in [0.29, 0.717) is 0 Å². The summed E-state index contributed by atoms with van der Waals surface area (Å²) in [6, 6.07) is 0. The zero-order valence-electron chi connectivity index (χ0n) is 2.08. The Morgan fingerprint density at radius 1 is 0.600 bits per heavy atom. The minimum absolute atomic E-state index is 0. The molecule has 5 heavy (non-hydrogen) atoms. The predicted octanol–water partition coefficient (Wildman–Crippen LogP) is -0.359. The van der Waals surface area contributed by atoms with Gasteiger partial charge in [0, 0.05) is 0 Å². The van der Waals surface area contributed by atoms with E-state index in [4.69, 9.17) is 0 Å². The van der Waals surface area contributed by atoms with Crippen molar-refractivity contribution in [2.24, 2.45) is 0 Å². The Kier molecular flexibility index (Phi) is 533. The second-order valence-electron chi connectivity index (χ2n) is 0. The second kappa shape index (κ2) is 39.6. The molecule has 0 aliphatic rings. The normalized spacial score (nSPS) is 0. The van der Waals surface area contributed by atoms with Gasteiger partial charge in [-0.15, -0.1) is 0 Å². The third kappa shape index (κ3) is 25.0. The summed E-state index contributed by atoms with van der Waals surface area (Å²) < 4.78 is 0. The summed E-state index contributed by atoms with van der Waals surface area (Å²) in [5.74, 6) is 0. The van der Waals surface area contributed by atoms with Gasteiger partial charge in [-0.3, -0.25) is 0 Å². The molecule has 0 aromatic carbocycles. The van der Waals surface area contributed by atoms with E-state index in [2.05, 4.69) is 0 Å². The molecule has 0 heterocycles. The number of rotatable bonds is 0. The molecule has 0 unspecified atom stereocenters. The van der Waals surface area contributed by atoms with Crippen molar-refractivity contribution in [3.8, 4) is 0 Å². The van der Waals surface area contributed by atoms with Gasteiger partial charge in [-0.25, -0.2) is 0 Å².